The molecule has 12 heteroatoms. The highest BCUT2D eigenvalue weighted by Crippen LogP contribution is 2.19. The van der Waals surface area contributed by atoms with E-state index in [4.69, 9.17) is 5.73 Å². The molecule has 0 aliphatic heterocycles. The molecule has 4 amide bonds. The fraction of sp³-hybridized carbons (Fsp3) is 0.548. The van der Waals surface area contributed by atoms with Gasteiger partial charge in [-0.2, -0.15) is 0 Å². The smallest absolute Gasteiger partial charge is 0.330 e. The molecule has 12 nitrogen and oxygen atoms in total. The number of urea groups is 1. The van der Waals surface area contributed by atoms with E-state index in [0.29, 0.717) is 43.4 Å². The summed E-state index contributed by atoms with van der Waals surface area (Å²) >= 11 is 0. The third-order valence-corrected chi connectivity index (χ3v) is 6.76. The molecule has 2 atom stereocenters. The molecule has 0 saturated heterocycles. The first-order valence-electron chi connectivity index (χ1n) is 14.6. The molecular formula is C31H46N4O8. The van der Waals surface area contributed by atoms with Crippen LogP contribution in [0.2, 0.25) is 0 Å². The van der Waals surface area contributed by atoms with Crippen molar-refractivity contribution in [1.82, 2.24) is 10.6 Å². The van der Waals surface area contributed by atoms with Crippen LogP contribution in [0.15, 0.2) is 36.4 Å². The number of hydrogen-bond donors (Lipinski definition) is 5. The minimum atomic E-state index is -0.769. The third-order valence-electron chi connectivity index (χ3n) is 6.76. The largest absolute Gasteiger partial charge is 0.466 e. The van der Waals surface area contributed by atoms with Gasteiger partial charge in [-0.15, -0.1) is 0 Å². The number of hydrogen-bond acceptors (Lipinski definition) is 8. The number of nitrogens with one attached hydrogen (secondary N) is 3. The molecule has 0 spiro atoms. The Hall–Kier alpha value is -4.06. The fourth-order valence-corrected chi connectivity index (χ4v) is 4.31. The summed E-state index contributed by atoms with van der Waals surface area (Å²) in [6.45, 7) is 3.77. The number of amides is 4. The van der Waals surface area contributed by atoms with Gasteiger partial charge in [-0.1, -0.05) is 38.8 Å². The summed E-state index contributed by atoms with van der Waals surface area (Å²) in [6, 6.07) is 5.24. The van der Waals surface area contributed by atoms with Crippen molar-refractivity contribution in [2.45, 2.75) is 84.3 Å². The number of anilines is 1. The lowest BCUT2D eigenvalue weighted by Crippen LogP contribution is -2.45. The summed E-state index contributed by atoms with van der Waals surface area (Å²) in [7, 11) is 1.24. The molecule has 0 radical (unpaired) electrons. The molecule has 0 unspecified atom stereocenters. The molecule has 43 heavy (non-hydrogen) atoms. The molecule has 1 aromatic rings. The van der Waals surface area contributed by atoms with E-state index in [1.807, 2.05) is 13.8 Å². The Kier molecular flexibility index (Phi) is 17.8. The quantitative estimate of drug-likeness (QED) is 0.0805. The van der Waals surface area contributed by atoms with E-state index >= 15 is 0 Å². The van der Waals surface area contributed by atoms with Crippen LogP contribution in [0, 0.1) is 11.8 Å². The van der Waals surface area contributed by atoms with Gasteiger partial charge in [0.15, 0.2) is 11.6 Å². The topological polar surface area (TPSA) is 194 Å². The number of primary amides is 1. The summed E-state index contributed by atoms with van der Waals surface area (Å²) in [5, 5.41) is 17.3. The lowest BCUT2D eigenvalue weighted by atomic mass is 9.89. The van der Waals surface area contributed by atoms with Gasteiger partial charge < -0.3 is 31.5 Å². The molecule has 0 aliphatic rings. The Morgan fingerprint density at radius 2 is 1.58 bits per heavy atom. The number of nitrogens with two attached hydrogens (primary N) is 1. The molecule has 6 N–H and O–H groups in total. The first kappa shape index (κ1) is 37.0. The molecule has 1 aromatic carbocycles. The number of ether oxygens (including phenoxy) is 1. The van der Waals surface area contributed by atoms with E-state index in [0.717, 1.165) is 18.9 Å². The lowest BCUT2D eigenvalue weighted by Gasteiger charge is -2.24. The molecule has 0 heterocycles. The van der Waals surface area contributed by atoms with Gasteiger partial charge in [0.25, 0.3) is 0 Å². The van der Waals surface area contributed by atoms with Crippen LogP contribution < -0.4 is 21.7 Å². The van der Waals surface area contributed by atoms with Gasteiger partial charge >= 0.3 is 12.0 Å². The Morgan fingerprint density at radius 1 is 0.930 bits per heavy atom. The number of aliphatic hydroxyl groups is 1. The molecule has 238 valence electrons. The minimum absolute atomic E-state index is 0.0985. The first-order chi connectivity index (χ1) is 20.5. The summed E-state index contributed by atoms with van der Waals surface area (Å²) in [6.07, 6.45) is 6.12. The van der Waals surface area contributed by atoms with Crippen molar-refractivity contribution >= 4 is 41.1 Å². The predicted octanol–water partition coefficient (Wildman–Crippen LogP) is 2.92. The van der Waals surface area contributed by atoms with E-state index in [1.165, 1.54) is 13.2 Å². The van der Waals surface area contributed by atoms with Crippen molar-refractivity contribution in [3.63, 3.8) is 0 Å². The van der Waals surface area contributed by atoms with Crippen molar-refractivity contribution in [1.29, 1.82) is 0 Å². The van der Waals surface area contributed by atoms with Crippen molar-refractivity contribution in [2.24, 2.45) is 17.6 Å². The number of allylic oxidation sites excluding steroid dienone is 1. The number of benzene rings is 1. The SMILES string of the molecule is COC(=O)/C=C/C(=O)CCCCCCC(=O)N[C@H](C(=O)C[C@@H](CCCNC(N)=O)C(=O)Nc1ccc(CO)cc1)C(C)C. The number of Topliss-reactive ketones (excluding diaryl/α,β-unsaturated/α-hetero) is 1. The van der Waals surface area contributed by atoms with Crippen LogP contribution >= 0.6 is 0 Å². The Morgan fingerprint density at radius 3 is 2.16 bits per heavy atom. The second-order valence-corrected chi connectivity index (χ2v) is 10.7. The van der Waals surface area contributed by atoms with Crippen LogP contribution in [0.5, 0.6) is 0 Å². The fourth-order valence-electron chi connectivity index (χ4n) is 4.31. The van der Waals surface area contributed by atoms with E-state index in [-0.39, 0.29) is 55.3 Å². The van der Waals surface area contributed by atoms with Gasteiger partial charge in [0.05, 0.1) is 19.8 Å². The normalized spacial score (nSPS) is 12.4. The van der Waals surface area contributed by atoms with Crippen LogP contribution in [0.3, 0.4) is 0 Å². The number of aliphatic hydroxyl groups excluding tert-OH is 1. The standard InChI is InChI=1S/C31H46N4O8/c1-21(2)29(35-27(39)11-7-5-4-6-10-25(37)16-17-28(40)43-3)26(38)19-23(9-8-18-33-31(32)42)30(41)34-24-14-12-22(20-36)13-15-24/h12-17,21,23,29,36H,4-11,18-20H2,1-3H3,(H,34,41)(H,35,39)(H3,32,33,42)/b17-16+/t23-,29+/m1/s1. The van der Waals surface area contributed by atoms with Gasteiger partial charge in [-0.05, 0) is 55.4 Å². The van der Waals surface area contributed by atoms with Crippen molar-refractivity contribution in [3.05, 3.63) is 42.0 Å². The second kappa shape index (κ2) is 20.8. The summed E-state index contributed by atoms with van der Waals surface area (Å²) in [5.41, 5.74) is 6.33. The molecule has 0 aromatic heterocycles. The molecule has 0 bridgehead atoms. The minimum Gasteiger partial charge on any atom is -0.466 e. The van der Waals surface area contributed by atoms with Crippen LogP contribution in [-0.2, 0) is 35.3 Å². The van der Waals surface area contributed by atoms with Crippen LogP contribution in [0.25, 0.3) is 0 Å². The summed E-state index contributed by atoms with van der Waals surface area (Å²) < 4.78 is 4.44. The number of carbonyl (C=O) groups excluding carboxylic acids is 6. The maximum atomic E-state index is 13.3. The predicted molar refractivity (Wildman–Crippen MR) is 162 cm³/mol. The van der Waals surface area contributed by atoms with Gasteiger partial charge in [-0.25, -0.2) is 9.59 Å². The Balaban J connectivity index is 2.66. The highest BCUT2D eigenvalue weighted by atomic mass is 16.5. The second-order valence-electron chi connectivity index (χ2n) is 10.7. The van der Waals surface area contributed by atoms with Crippen LogP contribution in [0.4, 0.5) is 10.5 Å². The highest BCUT2D eigenvalue weighted by Gasteiger charge is 2.29. The molecule has 1 rings (SSSR count). The number of rotatable bonds is 21. The van der Waals surface area contributed by atoms with Crippen LogP contribution in [-0.4, -0.2) is 60.2 Å². The zero-order chi connectivity index (χ0) is 32.2. The van der Waals surface area contributed by atoms with E-state index in [1.54, 1.807) is 24.3 Å². The molecule has 0 aliphatic carbocycles. The molecule has 0 saturated carbocycles. The van der Waals surface area contributed by atoms with Gasteiger partial charge in [0.1, 0.15) is 0 Å². The zero-order valence-corrected chi connectivity index (χ0v) is 25.4. The zero-order valence-electron chi connectivity index (χ0n) is 25.4. The van der Waals surface area contributed by atoms with Crippen molar-refractivity contribution < 1.29 is 38.6 Å². The number of carbonyl (C=O) groups is 6. The van der Waals surface area contributed by atoms with E-state index in [2.05, 4.69) is 20.7 Å². The van der Waals surface area contributed by atoms with E-state index in [9.17, 15) is 33.9 Å². The van der Waals surface area contributed by atoms with E-state index < -0.39 is 24.0 Å². The Bertz CT molecular complexity index is 1100. The highest BCUT2D eigenvalue weighted by molar-refractivity contribution is 5.97. The van der Waals surface area contributed by atoms with Crippen molar-refractivity contribution in [2.75, 3.05) is 19.0 Å². The maximum Gasteiger partial charge on any atom is 0.330 e. The molecule has 0 fully saturated rings. The lowest BCUT2D eigenvalue weighted by molar-refractivity contribution is -0.135. The summed E-state index contributed by atoms with van der Waals surface area (Å²) in [5.74, 6) is -2.55. The van der Waals surface area contributed by atoms with Gasteiger partial charge in [-0.3, -0.25) is 19.2 Å². The number of esters is 1. The first-order valence-corrected chi connectivity index (χ1v) is 14.6. The number of methoxy groups -OCH3 is 1. The Labute approximate surface area is 253 Å². The van der Waals surface area contributed by atoms with Gasteiger partial charge in [0, 0.05) is 43.5 Å². The summed E-state index contributed by atoms with van der Waals surface area (Å²) in [4.78, 5) is 72.9. The number of unbranched alkanes of at least 4 members (excludes halogenated alkanes) is 3. The maximum absolute atomic E-state index is 13.3. The third kappa shape index (κ3) is 16.2. The monoisotopic (exact) mass is 602 g/mol. The average Bonchev–Trinajstić information content (AvgIpc) is 2.97. The average molecular weight is 603 g/mol. The number of ketones is 2. The van der Waals surface area contributed by atoms with Crippen LogP contribution in [0.1, 0.15) is 77.2 Å². The molecular weight excluding hydrogens is 556 g/mol. The van der Waals surface area contributed by atoms with Crippen molar-refractivity contribution in [3.8, 4) is 0 Å². The van der Waals surface area contributed by atoms with Gasteiger partial charge in [0.2, 0.25) is 11.8 Å².